The quantitative estimate of drug-likeness (QED) is 0.831. The van der Waals surface area contributed by atoms with Gasteiger partial charge in [-0.2, -0.15) is 0 Å². The first-order valence-electron chi connectivity index (χ1n) is 7.90. The zero-order valence-corrected chi connectivity index (χ0v) is 11.7. The molecule has 2 saturated heterocycles. The normalized spacial score (nSPS) is 41.8. The van der Waals surface area contributed by atoms with Crippen molar-refractivity contribution in [1.29, 1.82) is 0 Å². The van der Waals surface area contributed by atoms with Gasteiger partial charge in [0.15, 0.2) is 0 Å². The molecule has 3 rings (SSSR count). The second-order valence-corrected chi connectivity index (χ2v) is 6.62. The van der Waals surface area contributed by atoms with Crippen LogP contribution in [0.3, 0.4) is 0 Å². The Morgan fingerprint density at radius 3 is 3.06 bits per heavy atom. The highest BCUT2D eigenvalue weighted by Gasteiger charge is 2.32. The molecule has 0 bridgehead atoms. The van der Waals surface area contributed by atoms with E-state index in [1.165, 1.54) is 45.1 Å². The molecular formula is C15H28N2O. The van der Waals surface area contributed by atoms with Gasteiger partial charge in [0.05, 0.1) is 12.7 Å². The van der Waals surface area contributed by atoms with Crippen molar-refractivity contribution in [3.63, 3.8) is 0 Å². The molecule has 2 aliphatic heterocycles. The first kappa shape index (κ1) is 12.9. The Labute approximate surface area is 111 Å². The van der Waals surface area contributed by atoms with Crippen LogP contribution in [0.15, 0.2) is 0 Å². The summed E-state index contributed by atoms with van der Waals surface area (Å²) in [5.74, 6) is 0.909. The van der Waals surface area contributed by atoms with Gasteiger partial charge in [0.25, 0.3) is 0 Å². The van der Waals surface area contributed by atoms with Gasteiger partial charge < -0.3 is 10.1 Å². The molecule has 3 nitrogen and oxygen atoms in total. The van der Waals surface area contributed by atoms with Gasteiger partial charge in [-0.3, -0.25) is 4.90 Å². The van der Waals surface area contributed by atoms with E-state index in [4.69, 9.17) is 4.74 Å². The Bertz CT molecular complexity index is 271. The summed E-state index contributed by atoms with van der Waals surface area (Å²) in [5, 5.41) is 3.75. The maximum Gasteiger partial charge on any atom is 0.0827 e. The monoisotopic (exact) mass is 252 g/mol. The minimum atomic E-state index is 0.427. The first-order valence-corrected chi connectivity index (χ1v) is 7.90. The third-order valence-corrected chi connectivity index (χ3v) is 5.03. The van der Waals surface area contributed by atoms with Gasteiger partial charge in [0.2, 0.25) is 0 Å². The van der Waals surface area contributed by atoms with Crippen molar-refractivity contribution >= 4 is 0 Å². The van der Waals surface area contributed by atoms with Crippen molar-refractivity contribution in [2.45, 2.75) is 63.6 Å². The standard InChI is InChI=1S/C15H28N2O/c1-12-4-2-5-13(8-12)16-9-15-10-17-7-3-6-14(17)11-18-15/h12-16H,2-11H2,1H3. The van der Waals surface area contributed by atoms with E-state index in [-0.39, 0.29) is 0 Å². The van der Waals surface area contributed by atoms with Gasteiger partial charge in [-0.15, -0.1) is 0 Å². The second-order valence-electron chi connectivity index (χ2n) is 6.62. The molecule has 3 fully saturated rings. The average Bonchev–Trinajstić information content (AvgIpc) is 2.84. The molecule has 2 heterocycles. The number of hydrogen-bond acceptors (Lipinski definition) is 3. The highest BCUT2D eigenvalue weighted by atomic mass is 16.5. The molecule has 0 amide bonds. The predicted molar refractivity (Wildman–Crippen MR) is 73.8 cm³/mol. The summed E-state index contributed by atoms with van der Waals surface area (Å²) in [6.07, 6.45) is 8.69. The SMILES string of the molecule is CC1CCCC(NCC2CN3CCCC3CO2)C1. The molecule has 1 saturated carbocycles. The van der Waals surface area contributed by atoms with Crippen LogP contribution < -0.4 is 5.32 Å². The van der Waals surface area contributed by atoms with Crippen LogP contribution in [0.5, 0.6) is 0 Å². The second kappa shape index (κ2) is 5.89. The molecule has 18 heavy (non-hydrogen) atoms. The smallest absolute Gasteiger partial charge is 0.0827 e. The van der Waals surface area contributed by atoms with E-state index in [2.05, 4.69) is 17.1 Å². The zero-order valence-electron chi connectivity index (χ0n) is 11.7. The van der Waals surface area contributed by atoms with E-state index in [1.54, 1.807) is 0 Å². The van der Waals surface area contributed by atoms with Crippen LogP contribution in [0.25, 0.3) is 0 Å². The molecule has 0 aromatic heterocycles. The number of ether oxygens (including phenoxy) is 1. The summed E-state index contributed by atoms with van der Waals surface area (Å²) < 4.78 is 6.01. The fourth-order valence-corrected chi connectivity index (χ4v) is 3.93. The van der Waals surface area contributed by atoms with E-state index >= 15 is 0 Å². The molecule has 0 spiro atoms. The number of morpholine rings is 1. The van der Waals surface area contributed by atoms with Crippen LogP contribution in [0, 0.1) is 5.92 Å². The third kappa shape index (κ3) is 3.06. The highest BCUT2D eigenvalue weighted by molar-refractivity contribution is 4.87. The summed E-state index contributed by atoms with van der Waals surface area (Å²) in [7, 11) is 0. The summed E-state index contributed by atoms with van der Waals surface area (Å²) in [5.41, 5.74) is 0. The number of nitrogens with one attached hydrogen (secondary N) is 1. The van der Waals surface area contributed by atoms with Gasteiger partial charge in [-0.05, 0) is 38.1 Å². The minimum absolute atomic E-state index is 0.427. The van der Waals surface area contributed by atoms with E-state index < -0.39 is 0 Å². The summed E-state index contributed by atoms with van der Waals surface area (Å²) in [4.78, 5) is 2.64. The summed E-state index contributed by atoms with van der Waals surface area (Å²) in [6, 6.07) is 1.48. The highest BCUT2D eigenvalue weighted by Crippen LogP contribution is 2.25. The number of nitrogens with zero attached hydrogens (tertiary/aromatic N) is 1. The molecule has 104 valence electrons. The number of fused-ring (bicyclic) bond motifs is 1. The maximum absolute atomic E-state index is 6.01. The van der Waals surface area contributed by atoms with Gasteiger partial charge >= 0.3 is 0 Å². The van der Waals surface area contributed by atoms with Crippen LogP contribution in [0.2, 0.25) is 0 Å². The number of hydrogen-bond donors (Lipinski definition) is 1. The third-order valence-electron chi connectivity index (χ3n) is 5.03. The lowest BCUT2D eigenvalue weighted by Crippen LogP contribution is -2.50. The van der Waals surface area contributed by atoms with E-state index in [1.807, 2.05) is 0 Å². The zero-order chi connectivity index (χ0) is 12.4. The molecule has 3 aliphatic rings. The van der Waals surface area contributed by atoms with Crippen LogP contribution in [-0.2, 0) is 4.74 Å². The van der Waals surface area contributed by atoms with Crippen molar-refractivity contribution in [3.05, 3.63) is 0 Å². The molecule has 0 aromatic carbocycles. The van der Waals surface area contributed by atoms with Gasteiger partial charge in [-0.1, -0.05) is 19.8 Å². The van der Waals surface area contributed by atoms with Crippen LogP contribution in [0.4, 0.5) is 0 Å². The fourth-order valence-electron chi connectivity index (χ4n) is 3.93. The van der Waals surface area contributed by atoms with Gasteiger partial charge in [-0.25, -0.2) is 0 Å². The minimum Gasteiger partial charge on any atom is -0.374 e. The Morgan fingerprint density at radius 1 is 1.22 bits per heavy atom. The van der Waals surface area contributed by atoms with E-state index in [0.29, 0.717) is 6.10 Å². The van der Waals surface area contributed by atoms with E-state index in [0.717, 1.165) is 37.7 Å². The predicted octanol–water partition coefficient (Wildman–Crippen LogP) is 2.02. The summed E-state index contributed by atoms with van der Waals surface area (Å²) >= 11 is 0. The molecule has 0 aromatic rings. The lowest BCUT2D eigenvalue weighted by molar-refractivity contribution is -0.0483. The van der Waals surface area contributed by atoms with Gasteiger partial charge in [0.1, 0.15) is 0 Å². The van der Waals surface area contributed by atoms with Gasteiger partial charge in [0, 0.05) is 25.2 Å². The van der Waals surface area contributed by atoms with Crippen LogP contribution >= 0.6 is 0 Å². The van der Waals surface area contributed by atoms with Crippen molar-refractivity contribution in [2.75, 3.05) is 26.2 Å². The molecule has 3 heteroatoms. The van der Waals surface area contributed by atoms with Crippen molar-refractivity contribution in [2.24, 2.45) is 5.92 Å². The van der Waals surface area contributed by atoms with E-state index in [9.17, 15) is 0 Å². The Kier molecular flexibility index (Phi) is 4.22. The Hall–Kier alpha value is -0.120. The molecule has 4 atom stereocenters. The van der Waals surface area contributed by atoms with Crippen LogP contribution in [-0.4, -0.2) is 49.3 Å². The molecule has 1 aliphatic carbocycles. The maximum atomic E-state index is 6.01. The Balaban J connectivity index is 1.40. The molecule has 1 N–H and O–H groups in total. The average molecular weight is 252 g/mol. The van der Waals surface area contributed by atoms with Crippen LogP contribution in [0.1, 0.15) is 45.4 Å². The van der Waals surface area contributed by atoms with Crippen molar-refractivity contribution in [3.8, 4) is 0 Å². The summed E-state index contributed by atoms with van der Waals surface area (Å²) in [6.45, 7) is 6.86. The topological polar surface area (TPSA) is 24.5 Å². The fraction of sp³-hybridized carbons (Fsp3) is 1.00. The Morgan fingerprint density at radius 2 is 2.17 bits per heavy atom. The number of rotatable bonds is 3. The molecule has 4 unspecified atom stereocenters. The largest absolute Gasteiger partial charge is 0.374 e. The molecule has 0 radical (unpaired) electrons. The van der Waals surface area contributed by atoms with Crippen molar-refractivity contribution in [1.82, 2.24) is 10.2 Å². The molecular weight excluding hydrogens is 224 g/mol. The lowest BCUT2D eigenvalue weighted by Gasteiger charge is -2.36. The first-order chi connectivity index (χ1) is 8.81. The van der Waals surface area contributed by atoms with Crippen molar-refractivity contribution < 1.29 is 4.74 Å². The lowest BCUT2D eigenvalue weighted by atomic mass is 9.87.